The van der Waals surface area contributed by atoms with Crippen LogP contribution in [0.1, 0.15) is 16.7 Å². The van der Waals surface area contributed by atoms with Crippen LogP contribution in [0.4, 0.5) is 0 Å². The Morgan fingerprint density at radius 3 is 1.52 bits per heavy atom. The Morgan fingerprint density at radius 2 is 1.00 bits per heavy atom. The second kappa shape index (κ2) is 8.07. The van der Waals surface area contributed by atoms with Crippen molar-refractivity contribution in [3.63, 3.8) is 0 Å². The molecular weight excluding hydrogens is 378 g/mol. The van der Waals surface area contributed by atoms with E-state index in [4.69, 9.17) is 0 Å². The molecule has 0 aliphatic carbocycles. The molecule has 0 aliphatic rings. The maximum absolute atomic E-state index is 10.3. The molecule has 5 rings (SSSR count). The van der Waals surface area contributed by atoms with Gasteiger partial charge in [-0.25, -0.2) is 0 Å². The maximum Gasteiger partial charge on any atom is 0.193 e. The van der Waals surface area contributed by atoms with Crippen LogP contribution in [-0.2, 0) is 4.79 Å². The van der Waals surface area contributed by atoms with E-state index in [2.05, 4.69) is 101 Å². The summed E-state index contributed by atoms with van der Waals surface area (Å²) in [7, 11) is 0. The zero-order valence-electron chi connectivity index (χ0n) is 16.7. The van der Waals surface area contributed by atoms with E-state index in [0.29, 0.717) is 6.29 Å². The average Bonchev–Trinajstić information content (AvgIpc) is 3.17. The Kier molecular flexibility index (Phi) is 4.82. The molecule has 0 saturated carbocycles. The van der Waals surface area contributed by atoms with Gasteiger partial charge < -0.3 is 4.57 Å². The Labute approximate surface area is 180 Å². The fourth-order valence-electron chi connectivity index (χ4n) is 3.79. The minimum Gasteiger partial charge on any atom is -0.309 e. The van der Waals surface area contributed by atoms with Crippen molar-refractivity contribution >= 4 is 28.1 Å². The van der Waals surface area contributed by atoms with Crippen LogP contribution in [0.15, 0.2) is 97.1 Å². The summed E-state index contributed by atoms with van der Waals surface area (Å²) in [6.07, 6.45) is 0.594. The summed E-state index contributed by atoms with van der Waals surface area (Å²) in [5.74, 6) is 11.6. The van der Waals surface area contributed by atoms with Crippen molar-refractivity contribution in [3.05, 3.63) is 114 Å². The summed E-state index contributed by atoms with van der Waals surface area (Å²) >= 11 is 0. The van der Waals surface area contributed by atoms with E-state index in [1.807, 2.05) is 24.3 Å². The van der Waals surface area contributed by atoms with Gasteiger partial charge in [0.2, 0.25) is 0 Å². The van der Waals surface area contributed by atoms with Crippen LogP contribution in [0, 0.1) is 23.7 Å². The van der Waals surface area contributed by atoms with E-state index in [9.17, 15) is 4.79 Å². The number of aromatic nitrogens is 1. The van der Waals surface area contributed by atoms with Crippen LogP contribution in [0.2, 0.25) is 0 Å². The number of para-hydroxylation sites is 2. The van der Waals surface area contributed by atoms with E-state index in [1.54, 1.807) is 0 Å². The lowest BCUT2D eigenvalue weighted by atomic mass is 10.1. The number of aldehydes is 1. The average molecular weight is 395 g/mol. The number of nitrogens with zero attached hydrogens (tertiary/aromatic N) is 1. The van der Waals surface area contributed by atoms with Gasteiger partial charge in [-0.15, -0.1) is 0 Å². The van der Waals surface area contributed by atoms with Crippen LogP contribution in [0.5, 0.6) is 0 Å². The normalized spacial score (nSPS) is 10.2. The van der Waals surface area contributed by atoms with Gasteiger partial charge in [-0.2, -0.15) is 0 Å². The SMILES string of the molecule is O=CC#Cc1ccc(C#Cc2ccc(-n3c4ccccc4c4ccccc43)cc2)cc1. The summed E-state index contributed by atoms with van der Waals surface area (Å²) in [4.78, 5) is 10.3. The minimum absolute atomic E-state index is 0.594. The fraction of sp³-hybridized carbons (Fsp3) is 0. The standard InChI is InChI=1S/C29H17NO/c31-21-5-6-22-11-13-23(14-12-22)15-16-24-17-19-25(20-18-24)30-28-9-3-1-7-26(28)27-8-2-4-10-29(27)30/h1-4,7-14,17-21H. The number of carbonyl (C=O) groups is 1. The van der Waals surface area contributed by atoms with Crippen molar-refractivity contribution in [2.24, 2.45) is 0 Å². The molecule has 0 aliphatic heterocycles. The van der Waals surface area contributed by atoms with Crippen molar-refractivity contribution in [1.29, 1.82) is 0 Å². The Bertz CT molecular complexity index is 1480. The third kappa shape index (κ3) is 3.60. The molecule has 0 spiro atoms. The lowest BCUT2D eigenvalue weighted by molar-refractivity contribution is -0.103. The van der Waals surface area contributed by atoms with Crippen molar-refractivity contribution in [1.82, 2.24) is 4.57 Å². The number of hydrogen-bond donors (Lipinski definition) is 0. The first-order valence-electron chi connectivity index (χ1n) is 9.99. The highest BCUT2D eigenvalue weighted by Crippen LogP contribution is 2.31. The molecule has 0 radical (unpaired) electrons. The monoisotopic (exact) mass is 395 g/mol. The molecule has 0 bridgehead atoms. The van der Waals surface area contributed by atoms with Crippen molar-refractivity contribution in [2.45, 2.75) is 0 Å². The van der Waals surface area contributed by atoms with Crippen LogP contribution in [-0.4, -0.2) is 10.9 Å². The first-order valence-corrected chi connectivity index (χ1v) is 9.99. The smallest absolute Gasteiger partial charge is 0.193 e. The molecule has 4 aromatic carbocycles. The Morgan fingerprint density at radius 1 is 0.548 bits per heavy atom. The van der Waals surface area contributed by atoms with Gasteiger partial charge in [0, 0.05) is 33.2 Å². The first kappa shape index (κ1) is 18.5. The second-order valence-electron chi connectivity index (χ2n) is 7.13. The molecule has 144 valence electrons. The van der Waals surface area contributed by atoms with Crippen LogP contribution >= 0.6 is 0 Å². The Balaban J connectivity index is 1.48. The molecule has 0 amide bonds. The van der Waals surface area contributed by atoms with E-state index in [0.717, 1.165) is 22.4 Å². The highest BCUT2D eigenvalue weighted by molar-refractivity contribution is 6.09. The van der Waals surface area contributed by atoms with E-state index in [1.165, 1.54) is 21.8 Å². The van der Waals surface area contributed by atoms with E-state index in [-0.39, 0.29) is 0 Å². The molecule has 1 heterocycles. The molecule has 5 aromatic rings. The van der Waals surface area contributed by atoms with Crippen LogP contribution < -0.4 is 0 Å². The van der Waals surface area contributed by atoms with Gasteiger partial charge in [-0.1, -0.05) is 54.2 Å². The zero-order valence-corrected chi connectivity index (χ0v) is 16.7. The number of carbonyl (C=O) groups excluding carboxylic acids is 1. The summed E-state index contributed by atoms with van der Waals surface area (Å²) < 4.78 is 2.29. The zero-order chi connectivity index (χ0) is 21.0. The topological polar surface area (TPSA) is 22.0 Å². The third-order valence-electron chi connectivity index (χ3n) is 5.22. The predicted molar refractivity (Wildman–Crippen MR) is 126 cm³/mol. The quantitative estimate of drug-likeness (QED) is 0.262. The molecule has 0 fully saturated rings. The maximum atomic E-state index is 10.3. The highest BCUT2D eigenvalue weighted by Gasteiger charge is 2.10. The first-order chi connectivity index (χ1) is 15.3. The van der Waals surface area contributed by atoms with Crippen molar-refractivity contribution < 1.29 is 4.79 Å². The molecular formula is C29H17NO. The van der Waals surface area contributed by atoms with Crippen molar-refractivity contribution in [3.8, 4) is 29.4 Å². The molecule has 2 nitrogen and oxygen atoms in total. The molecule has 0 unspecified atom stereocenters. The molecule has 1 aromatic heterocycles. The van der Waals surface area contributed by atoms with Gasteiger partial charge in [-0.3, -0.25) is 4.79 Å². The summed E-state index contributed by atoms with van der Waals surface area (Å²) in [5, 5.41) is 2.51. The van der Waals surface area contributed by atoms with E-state index >= 15 is 0 Å². The molecule has 0 atom stereocenters. The summed E-state index contributed by atoms with van der Waals surface area (Å²) in [6.45, 7) is 0. The summed E-state index contributed by atoms with van der Waals surface area (Å²) in [5.41, 5.74) is 6.16. The lowest BCUT2D eigenvalue weighted by Crippen LogP contribution is -1.93. The number of hydrogen-bond acceptors (Lipinski definition) is 1. The minimum atomic E-state index is 0.594. The van der Waals surface area contributed by atoms with E-state index < -0.39 is 0 Å². The van der Waals surface area contributed by atoms with Gasteiger partial charge in [-0.05, 0) is 66.6 Å². The number of fused-ring (bicyclic) bond motifs is 3. The van der Waals surface area contributed by atoms with Gasteiger partial charge in [0.05, 0.1) is 11.0 Å². The predicted octanol–water partition coefficient (Wildman–Crippen LogP) is 5.73. The third-order valence-corrected chi connectivity index (χ3v) is 5.22. The summed E-state index contributed by atoms with van der Waals surface area (Å²) in [6, 6.07) is 32.9. The van der Waals surface area contributed by atoms with Crippen LogP contribution in [0.25, 0.3) is 27.5 Å². The molecule has 0 saturated heterocycles. The number of rotatable bonds is 1. The van der Waals surface area contributed by atoms with Crippen LogP contribution in [0.3, 0.4) is 0 Å². The van der Waals surface area contributed by atoms with Gasteiger partial charge >= 0.3 is 0 Å². The fourth-order valence-corrected chi connectivity index (χ4v) is 3.79. The van der Waals surface area contributed by atoms with Gasteiger partial charge in [0.1, 0.15) is 0 Å². The Hall–Kier alpha value is -4.53. The highest BCUT2D eigenvalue weighted by atomic mass is 16.1. The second-order valence-corrected chi connectivity index (χ2v) is 7.13. The lowest BCUT2D eigenvalue weighted by Gasteiger charge is -2.07. The largest absolute Gasteiger partial charge is 0.309 e. The van der Waals surface area contributed by atoms with Gasteiger partial charge in [0.25, 0.3) is 0 Å². The molecule has 2 heteroatoms. The number of benzene rings is 4. The van der Waals surface area contributed by atoms with Gasteiger partial charge in [0.15, 0.2) is 6.29 Å². The van der Waals surface area contributed by atoms with Crippen molar-refractivity contribution in [2.75, 3.05) is 0 Å². The molecule has 0 N–H and O–H groups in total. The molecule has 31 heavy (non-hydrogen) atoms.